The first kappa shape index (κ1) is 20.2. The molecule has 25 heavy (non-hydrogen) atoms. The molecule has 1 aromatic carbocycles. The third kappa shape index (κ3) is 6.26. The first-order valence-electron chi connectivity index (χ1n) is 9.09. The number of carbonyl (C=O) groups excluding carboxylic acids is 1. The molecule has 5 nitrogen and oxygen atoms in total. The van der Waals surface area contributed by atoms with Crippen LogP contribution >= 0.6 is 12.4 Å². The van der Waals surface area contributed by atoms with Crippen molar-refractivity contribution in [2.75, 3.05) is 32.8 Å². The average Bonchev–Trinajstić information content (AvgIpc) is 2.61. The molecule has 1 aromatic rings. The summed E-state index contributed by atoms with van der Waals surface area (Å²) >= 11 is 0. The van der Waals surface area contributed by atoms with Gasteiger partial charge in [0.25, 0.3) is 0 Å². The number of rotatable bonds is 5. The Balaban J connectivity index is 0.00000225. The Morgan fingerprint density at radius 1 is 1.36 bits per heavy atom. The molecule has 2 aliphatic rings. The van der Waals surface area contributed by atoms with E-state index in [1.165, 1.54) is 5.56 Å². The Hall–Kier alpha value is -1.14. The molecule has 1 amide bonds. The van der Waals surface area contributed by atoms with Crippen molar-refractivity contribution in [3.05, 3.63) is 35.9 Å². The van der Waals surface area contributed by atoms with E-state index in [0.717, 1.165) is 45.6 Å². The molecule has 3 rings (SSSR count). The predicted octanol–water partition coefficient (Wildman–Crippen LogP) is 1.81. The molecular weight excluding hydrogens is 338 g/mol. The number of nitrogens with zero attached hydrogens (tertiary/aromatic N) is 1. The Morgan fingerprint density at radius 2 is 2.16 bits per heavy atom. The fraction of sp³-hybridized carbons (Fsp3) is 0.632. The van der Waals surface area contributed by atoms with Crippen LogP contribution in [-0.2, 0) is 16.1 Å². The van der Waals surface area contributed by atoms with Gasteiger partial charge < -0.3 is 15.4 Å². The van der Waals surface area contributed by atoms with Gasteiger partial charge in [-0.1, -0.05) is 37.3 Å². The van der Waals surface area contributed by atoms with E-state index in [0.29, 0.717) is 12.5 Å². The molecule has 2 aliphatic heterocycles. The lowest BCUT2D eigenvalue weighted by Gasteiger charge is -2.33. The Bertz CT molecular complexity index is 529. The fourth-order valence-electron chi connectivity index (χ4n) is 3.53. The lowest BCUT2D eigenvalue weighted by Crippen LogP contribution is -2.52. The highest BCUT2D eigenvalue weighted by Crippen LogP contribution is 2.15. The van der Waals surface area contributed by atoms with Crippen molar-refractivity contribution < 1.29 is 9.53 Å². The smallest absolute Gasteiger partial charge is 0.237 e. The van der Waals surface area contributed by atoms with Crippen molar-refractivity contribution in [3.8, 4) is 0 Å². The summed E-state index contributed by atoms with van der Waals surface area (Å²) in [7, 11) is 0. The summed E-state index contributed by atoms with van der Waals surface area (Å²) in [5, 5.41) is 6.39. The number of piperidine rings is 1. The summed E-state index contributed by atoms with van der Waals surface area (Å²) in [6.45, 7) is 7.22. The van der Waals surface area contributed by atoms with Crippen LogP contribution < -0.4 is 10.6 Å². The minimum Gasteiger partial charge on any atom is -0.374 e. The van der Waals surface area contributed by atoms with Gasteiger partial charge >= 0.3 is 0 Å². The van der Waals surface area contributed by atoms with Gasteiger partial charge in [-0.3, -0.25) is 9.69 Å². The molecule has 140 valence electrons. The molecule has 0 aromatic heterocycles. The van der Waals surface area contributed by atoms with E-state index in [9.17, 15) is 4.79 Å². The van der Waals surface area contributed by atoms with E-state index in [4.69, 9.17) is 4.74 Å². The molecule has 3 atom stereocenters. The maximum absolute atomic E-state index is 12.3. The summed E-state index contributed by atoms with van der Waals surface area (Å²) in [5.41, 5.74) is 1.32. The number of hydrogen-bond donors (Lipinski definition) is 2. The van der Waals surface area contributed by atoms with Gasteiger partial charge in [-0.15, -0.1) is 12.4 Å². The highest BCUT2D eigenvalue weighted by molar-refractivity contribution is 5.85. The topological polar surface area (TPSA) is 53.6 Å². The van der Waals surface area contributed by atoms with E-state index in [1.807, 2.05) is 6.07 Å². The zero-order valence-corrected chi connectivity index (χ0v) is 15.8. The number of carbonyl (C=O) groups is 1. The third-order valence-corrected chi connectivity index (χ3v) is 4.96. The van der Waals surface area contributed by atoms with E-state index in [-0.39, 0.29) is 30.5 Å². The number of amides is 1. The van der Waals surface area contributed by atoms with Crippen molar-refractivity contribution >= 4 is 18.3 Å². The van der Waals surface area contributed by atoms with Crippen LogP contribution in [0.1, 0.15) is 25.3 Å². The summed E-state index contributed by atoms with van der Waals surface area (Å²) in [5.74, 6) is 0.736. The molecule has 0 saturated carbocycles. The van der Waals surface area contributed by atoms with Gasteiger partial charge in [0.1, 0.15) is 0 Å². The lowest BCUT2D eigenvalue weighted by atomic mass is 9.94. The molecule has 0 bridgehead atoms. The number of hydrogen-bond acceptors (Lipinski definition) is 4. The highest BCUT2D eigenvalue weighted by atomic mass is 35.5. The van der Waals surface area contributed by atoms with Crippen LogP contribution in [0, 0.1) is 5.92 Å². The van der Waals surface area contributed by atoms with Crippen LogP contribution in [0.5, 0.6) is 0 Å². The molecule has 2 N–H and O–H groups in total. The largest absolute Gasteiger partial charge is 0.374 e. The second-order valence-electron chi connectivity index (χ2n) is 7.09. The maximum atomic E-state index is 12.3. The monoisotopic (exact) mass is 367 g/mol. The SMILES string of the molecule is CC1CCNC(C(=O)NCC2CN(Cc3ccccc3)CCO2)C1.Cl. The van der Waals surface area contributed by atoms with Gasteiger partial charge in [0, 0.05) is 26.2 Å². The van der Waals surface area contributed by atoms with Crippen LogP contribution in [0.4, 0.5) is 0 Å². The van der Waals surface area contributed by atoms with Gasteiger partial charge in [0.05, 0.1) is 18.8 Å². The van der Waals surface area contributed by atoms with Crippen molar-refractivity contribution in [3.63, 3.8) is 0 Å². The average molecular weight is 368 g/mol. The van der Waals surface area contributed by atoms with E-state index >= 15 is 0 Å². The Kier molecular flexibility index (Phi) is 8.16. The van der Waals surface area contributed by atoms with Crippen molar-refractivity contribution in [2.45, 2.75) is 38.5 Å². The molecule has 3 unspecified atom stereocenters. The number of halogens is 1. The van der Waals surface area contributed by atoms with Crippen LogP contribution in [0.25, 0.3) is 0 Å². The van der Waals surface area contributed by atoms with Gasteiger partial charge in [-0.05, 0) is 30.9 Å². The van der Waals surface area contributed by atoms with Crippen LogP contribution in [0.2, 0.25) is 0 Å². The van der Waals surface area contributed by atoms with Crippen LogP contribution in [0.15, 0.2) is 30.3 Å². The minimum absolute atomic E-state index is 0. The zero-order chi connectivity index (χ0) is 16.8. The molecule has 0 spiro atoms. The lowest BCUT2D eigenvalue weighted by molar-refractivity contribution is -0.125. The van der Waals surface area contributed by atoms with E-state index in [1.54, 1.807) is 0 Å². The number of nitrogens with one attached hydrogen (secondary N) is 2. The van der Waals surface area contributed by atoms with E-state index < -0.39 is 0 Å². The van der Waals surface area contributed by atoms with Crippen LogP contribution in [0.3, 0.4) is 0 Å². The Labute approximate surface area is 156 Å². The quantitative estimate of drug-likeness (QED) is 0.833. The second-order valence-corrected chi connectivity index (χ2v) is 7.09. The minimum atomic E-state index is -0.0437. The fourth-order valence-corrected chi connectivity index (χ4v) is 3.53. The van der Waals surface area contributed by atoms with Crippen molar-refractivity contribution in [2.24, 2.45) is 5.92 Å². The maximum Gasteiger partial charge on any atom is 0.237 e. The summed E-state index contributed by atoms with van der Waals surface area (Å²) in [6.07, 6.45) is 2.16. The van der Waals surface area contributed by atoms with Gasteiger partial charge in [-0.2, -0.15) is 0 Å². The third-order valence-electron chi connectivity index (χ3n) is 4.96. The van der Waals surface area contributed by atoms with Gasteiger partial charge in [0.15, 0.2) is 0 Å². The molecule has 2 fully saturated rings. The van der Waals surface area contributed by atoms with Crippen molar-refractivity contribution in [1.82, 2.24) is 15.5 Å². The summed E-state index contributed by atoms with van der Waals surface area (Å²) in [6, 6.07) is 10.5. The first-order valence-corrected chi connectivity index (χ1v) is 9.09. The van der Waals surface area contributed by atoms with Crippen molar-refractivity contribution in [1.29, 1.82) is 0 Å². The standard InChI is InChI=1S/C19H29N3O2.ClH/c1-15-7-8-20-18(11-15)19(23)21-12-17-14-22(9-10-24-17)13-16-5-3-2-4-6-16;/h2-6,15,17-18,20H,7-14H2,1H3,(H,21,23);1H. The molecule has 0 aliphatic carbocycles. The zero-order valence-electron chi connectivity index (χ0n) is 14.9. The number of benzene rings is 1. The predicted molar refractivity (Wildman–Crippen MR) is 102 cm³/mol. The number of ether oxygens (including phenoxy) is 1. The Morgan fingerprint density at radius 3 is 2.92 bits per heavy atom. The number of morpholine rings is 1. The second kappa shape index (κ2) is 10.1. The molecular formula is C19H30ClN3O2. The van der Waals surface area contributed by atoms with Gasteiger partial charge in [-0.25, -0.2) is 0 Å². The van der Waals surface area contributed by atoms with Gasteiger partial charge in [0.2, 0.25) is 5.91 Å². The molecule has 2 saturated heterocycles. The summed E-state index contributed by atoms with van der Waals surface area (Å²) < 4.78 is 5.83. The normalized spacial score (nSPS) is 27.3. The molecule has 2 heterocycles. The van der Waals surface area contributed by atoms with Crippen LogP contribution in [-0.4, -0.2) is 55.7 Å². The van der Waals surface area contributed by atoms with E-state index in [2.05, 4.69) is 46.7 Å². The summed E-state index contributed by atoms with van der Waals surface area (Å²) in [4.78, 5) is 14.7. The first-order chi connectivity index (χ1) is 11.7. The molecule has 6 heteroatoms. The molecule has 0 radical (unpaired) electrons. The highest BCUT2D eigenvalue weighted by Gasteiger charge is 2.26.